The third-order valence-corrected chi connectivity index (χ3v) is 2.89. The molecule has 1 aromatic heterocycles. The van der Waals surface area contributed by atoms with Crippen LogP contribution >= 0.6 is 0 Å². The van der Waals surface area contributed by atoms with Crippen LogP contribution in [0.5, 0.6) is 5.88 Å². The summed E-state index contributed by atoms with van der Waals surface area (Å²) in [5, 5.41) is 4.83. The summed E-state index contributed by atoms with van der Waals surface area (Å²) in [4.78, 5) is 15.0. The summed E-state index contributed by atoms with van der Waals surface area (Å²) in [5.74, 6) is -2.96. The lowest BCUT2D eigenvalue weighted by Crippen LogP contribution is -2.52. The Kier molecular flexibility index (Phi) is 4.49. The number of ether oxygens (including phenoxy) is 1. The van der Waals surface area contributed by atoms with Gasteiger partial charge in [-0.3, -0.25) is 0 Å². The van der Waals surface area contributed by atoms with Gasteiger partial charge >= 0.3 is 12.6 Å². The van der Waals surface area contributed by atoms with Gasteiger partial charge in [0.2, 0.25) is 5.88 Å². The maximum Gasteiger partial charge on any atom is 0.388 e. The summed E-state index contributed by atoms with van der Waals surface area (Å²) in [6.07, 6.45) is 0.517. The Hall–Kier alpha value is -2.06. The molecule has 0 saturated heterocycles. The third kappa shape index (κ3) is 4.76. The van der Waals surface area contributed by atoms with Gasteiger partial charge in [0.05, 0.1) is 0 Å². The average Bonchev–Trinajstić information content (AvgIpc) is 2.34. The number of amides is 2. The predicted molar refractivity (Wildman–Crippen MR) is 68.4 cm³/mol. The average molecular weight is 311 g/mol. The summed E-state index contributed by atoms with van der Waals surface area (Å²) >= 11 is 0. The van der Waals surface area contributed by atoms with Crippen LogP contribution in [0.25, 0.3) is 0 Å². The molecule has 5 nitrogen and oxygen atoms in total. The molecule has 1 saturated carbocycles. The van der Waals surface area contributed by atoms with Crippen LogP contribution in [-0.4, -0.2) is 29.6 Å². The van der Waals surface area contributed by atoms with Gasteiger partial charge in [-0.1, -0.05) is 0 Å². The molecule has 0 aliphatic heterocycles. The van der Waals surface area contributed by atoms with Crippen LogP contribution < -0.4 is 15.4 Å². The van der Waals surface area contributed by atoms with Crippen LogP contribution in [0.4, 0.5) is 22.4 Å². The summed E-state index contributed by atoms with van der Waals surface area (Å²) < 4.78 is 53.3. The first kappa shape index (κ1) is 15.3. The van der Waals surface area contributed by atoms with Gasteiger partial charge in [-0.05, 0) is 11.6 Å². The maximum atomic E-state index is 12.6. The molecule has 1 heterocycles. The number of carbonyl (C=O) groups is 1. The zero-order valence-corrected chi connectivity index (χ0v) is 10.8. The van der Waals surface area contributed by atoms with E-state index in [9.17, 15) is 22.4 Å². The molecule has 21 heavy (non-hydrogen) atoms. The number of nitrogens with zero attached hydrogens (tertiary/aromatic N) is 1. The van der Waals surface area contributed by atoms with E-state index >= 15 is 0 Å². The van der Waals surface area contributed by atoms with Gasteiger partial charge < -0.3 is 15.4 Å². The molecule has 0 atom stereocenters. The highest BCUT2D eigenvalue weighted by Crippen LogP contribution is 2.37. The van der Waals surface area contributed by atoms with Crippen LogP contribution in [0.1, 0.15) is 21.3 Å². The fourth-order valence-electron chi connectivity index (χ4n) is 1.90. The molecule has 0 radical (unpaired) electrons. The Morgan fingerprint density at radius 3 is 2.86 bits per heavy atom. The van der Waals surface area contributed by atoms with E-state index in [1.807, 2.05) is 0 Å². The molecule has 1 fully saturated rings. The van der Waals surface area contributed by atoms with Crippen LogP contribution in [0.15, 0.2) is 18.3 Å². The lowest BCUT2D eigenvalue weighted by Gasteiger charge is -2.35. The second-order valence-electron chi connectivity index (χ2n) is 4.67. The second-order valence-corrected chi connectivity index (χ2v) is 4.67. The zero-order chi connectivity index (χ0) is 15.5. The number of alkyl halides is 4. The highest BCUT2D eigenvalue weighted by molar-refractivity contribution is 5.74. The van der Waals surface area contributed by atoms with Gasteiger partial charge in [0.25, 0.3) is 5.92 Å². The molecule has 1 aliphatic carbocycles. The molecular weight excluding hydrogens is 294 g/mol. The van der Waals surface area contributed by atoms with E-state index in [2.05, 4.69) is 20.4 Å². The molecule has 0 spiro atoms. The number of nitrogens with one attached hydrogen (secondary N) is 2. The summed E-state index contributed by atoms with van der Waals surface area (Å²) in [7, 11) is 0. The first-order valence-corrected chi connectivity index (χ1v) is 6.16. The fourth-order valence-corrected chi connectivity index (χ4v) is 1.90. The topological polar surface area (TPSA) is 63.2 Å². The Morgan fingerprint density at radius 2 is 2.24 bits per heavy atom. The number of carbonyl (C=O) groups excluding carboxylic acids is 1. The van der Waals surface area contributed by atoms with Gasteiger partial charge in [0.15, 0.2) is 0 Å². The van der Waals surface area contributed by atoms with Gasteiger partial charge in [-0.25, -0.2) is 18.6 Å². The number of urea groups is 1. The van der Waals surface area contributed by atoms with E-state index < -0.39 is 24.6 Å². The van der Waals surface area contributed by atoms with Gasteiger partial charge in [0, 0.05) is 40.5 Å². The minimum absolute atomic E-state index is 0. The van der Waals surface area contributed by atoms with Crippen molar-refractivity contribution in [2.45, 2.75) is 38.0 Å². The minimum Gasteiger partial charge on any atom is -0.417 e. The number of rotatable bonds is 5. The molecule has 0 bridgehead atoms. The summed E-state index contributed by atoms with van der Waals surface area (Å²) in [6.45, 7) is -2.94. The molecule has 1 aromatic rings. The van der Waals surface area contributed by atoms with Crippen LogP contribution in [-0.2, 0) is 6.54 Å². The van der Waals surface area contributed by atoms with Gasteiger partial charge in [-0.2, -0.15) is 8.78 Å². The van der Waals surface area contributed by atoms with Crippen molar-refractivity contribution in [2.75, 3.05) is 0 Å². The molecule has 2 N–H and O–H groups in total. The second kappa shape index (κ2) is 6.15. The summed E-state index contributed by atoms with van der Waals surface area (Å²) in [5.41, 5.74) is 0.495. The molecule has 120 valence electrons. The quantitative estimate of drug-likeness (QED) is 0.822. The van der Waals surface area contributed by atoms with Gasteiger partial charge in [0.1, 0.15) is 0 Å². The van der Waals surface area contributed by atoms with Crippen LogP contribution in [0, 0.1) is 0 Å². The maximum absolute atomic E-state index is 12.6. The lowest BCUT2D eigenvalue weighted by atomic mass is 9.88. The Labute approximate surface area is 120 Å². The molecule has 1 aliphatic rings. The first-order valence-electron chi connectivity index (χ1n) is 6.16. The number of pyridine rings is 1. The van der Waals surface area contributed by atoms with Crippen LogP contribution in [0.2, 0.25) is 0 Å². The number of hydrogen-bond acceptors (Lipinski definition) is 3. The standard InChI is InChI=1S/C12H13F4N3O2.2H2/c13-10(14)21-9-3-7(1-2-17-9)6-18-11(20)19-8-4-12(15,16)5-8;;/h1-3,8,10H,4-6H2,(H2,18,19,20);2*1H. The predicted octanol–water partition coefficient (Wildman–Crippen LogP) is 2.77. The van der Waals surface area contributed by atoms with E-state index in [1.54, 1.807) is 0 Å². The minimum atomic E-state index is -2.98. The number of aromatic nitrogens is 1. The molecule has 0 unspecified atom stereocenters. The third-order valence-electron chi connectivity index (χ3n) is 2.89. The highest BCUT2D eigenvalue weighted by Gasteiger charge is 2.45. The van der Waals surface area contributed by atoms with E-state index in [0.717, 1.165) is 0 Å². The van der Waals surface area contributed by atoms with Crippen LogP contribution in [0.3, 0.4) is 0 Å². The molecule has 2 rings (SSSR count). The van der Waals surface area contributed by atoms with Crippen molar-refractivity contribution >= 4 is 6.03 Å². The Morgan fingerprint density at radius 1 is 1.52 bits per heavy atom. The molecule has 2 amide bonds. The molecule has 9 heteroatoms. The smallest absolute Gasteiger partial charge is 0.388 e. The molecular formula is C12H17F4N3O2. The largest absolute Gasteiger partial charge is 0.417 e. The first-order chi connectivity index (χ1) is 9.84. The van der Waals surface area contributed by atoms with Crippen molar-refractivity contribution in [1.29, 1.82) is 0 Å². The zero-order valence-electron chi connectivity index (χ0n) is 10.8. The summed E-state index contributed by atoms with van der Waals surface area (Å²) in [6, 6.07) is 1.62. The van der Waals surface area contributed by atoms with Crippen molar-refractivity contribution < 1.29 is 29.9 Å². The Bertz CT molecular complexity index is 515. The van der Waals surface area contributed by atoms with Crippen molar-refractivity contribution in [3.63, 3.8) is 0 Å². The fraction of sp³-hybridized carbons (Fsp3) is 0.500. The van der Waals surface area contributed by atoms with Crippen molar-refractivity contribution in [3.8, 4) is 5.88 Å². The van der Waals surface area contributed by atoms with Crippen molar-refractivity contribution in [3.05, 3.63) is 23.9 Å². The monoisotopic (exact) mass is 311 g/mol. The van der Waals surface area contributed by atoms with E-state index in [1.165, 1.54) is 18.3 Å². The van der Waals surface area contributed by atoms with Crippen molar-refractivity contribution in [2.24, 2.45) is 0 Å². The lowest BCUT2D eigenvalue weighted by molar-refractivity contribution is -0.0896. The van der Waals surface area contributed by atoms with Gasteiger partial charge in [-0.15, -0.1) is 0 Å². The van der Waals surface area contributed by atoms with E-state index in [4.69, 9.17) is 0 Å². The van der Waals surface area contributed by atoms with Crippen molar-refractivity contribution in [1.82, 2.24) is 15.6 Å². The highest BCUT2D eigenvalue weighted by atomic mass is 19.3. The van der Waals surface area contributed by atoms with E-state index in [-0.39, 0.29) is 28.1 Å². The normalized spacial score (nSPS) is 17.2. The Balaban J connectivity index is 0.00000242. The number of hydrogen-bond donors (Lipinski definition) is 2. The number of halogens is 4. The SMILES string of the molecule is O=C(NCc1ccnc(OC(F)F)c1)NC1CC(F)(F)C1.[HH].[HH]. The van der Waals surface area contributed by atoms with E-state index in [0.29, 0.717) is 5.56 Å². The molecule has 0 aromatic carbocycles.